The summed E-state index contributed by atoms with van der Waals surface area (Å²) in [6.07, 6.45) is -0.768. The lowest BCUT2D eigenvalue weighted by Gasteiger charge is -2.14. The van der Waals surface area contributed by atoms with Crippen LogP contribution in [0.4, 0.5) is 4.39 Å². The lowest BCUT2D eigenvalue weighted by atomic mass is 10.2. The topological polar surface area (TPSA) is 61.7 Å². The predicted octanol–water partition coefficient (Wildman–Crippen LogP) is 2.06. The SMILES string of the molecule is Oc1ccccc1CNCC(O)COc1ccccc1F. The molecule has 0 spiro atoms. The van der Waals surface area contributed by atoms with E-state index in [4.69, 9.17) is 4.74 Å². The van der Waals surface area contributed by atoms with Gasteiger partial charge in [-0.2, -0.15) is 0 Å². The third kappa shape index (κ3) is 4.73. The number of phenols is 1. The Balaban J connectivity index is 1.72. The Bertz CT molecular complexity index is 577. The molecule has 1 atom stereocenters. The van der Waals surface area contributed by atoms with Crippen molar-refractivity contribution >= 4 is 0 Å². The maximum atomic E-state index is 13.3. The van der Waals surface area contributed by atoms with E-state index in [1.165, 1.54) is 12.1 Å². The second kappa shape index (κ2) is 7.61. The molecule has 0 saturated carbocycles. The molecular formula is C16H18FNO3. The van der Waals surface area contributed by atoms with Gasteiger partial charge >= 0.3 is 0 Å². The number of aromatic hydroxyl groups is 1. The largest absolute Gasteiger partial charge is 0.508 e. The van der Waals surface area contributed by atoms with Gasteiger partial charge in [-0.3, -0.25) is 0 Å². The summed E-state index contributed by atoms with van der Waals surface area (Å²) in [5, 5.41) is 22.4. The fraction of sp³-hybridized carbons (Fsp3) is 0.250. The van der Waals surface area contributed by atoms with Crippen LogP contribution >= 0.6 is 0 Å². The minimum atomic E-state index is -0.768. The maximum absolute atomic E-state index is 13.3. The van der Waals surface area contributed by atoms with Gasteiger partial charge in [-0.25, -0.2) is 4.39 Å². The molecule has 0 aliphatic heterocycles. The summed E-state index contributed by atoms with van der Waals surface area (Å²) < 4.78 is 18.5. The van der Waals surface area contributed by atoms with Gasteiger partial charge in [-0.15, -0.1) is 0 Å². The molecule has 0 heterocycles. The number of aliphatic hydroxyl groups is 1. The summed E-state index contributed by atoms with van der Waals surface area (Å²) in [5.74, 6) is -0.119. The fourth-order valence-electron chi connectivity index (χ4n) is 1.84. The minimum Gasteiger partial charge on any atom is -0.508 e. The van der Waals surface area contributed by atoms with Crippen LogP contribution in [0.15, 0.2) is 48.5 Å². The Kier molecular flexibility index (Phi) is 5.54. The van der Waals surface area contributed by atoms with Crippen molar-refractivity contribution in [1.82, 2.24) is 5.32 Å². The first-order chi connectivity index (χ1) is 10.2. The van der Waals surface area contributed by atoms with E-state index in [1.54, 1.807) is 30.3 Å². The molecule has 1 unspecified atom stereocenters. The third-order valence-electron chi connectivity index (χ3n) is 2.95. The average molecular weight is 291 g/mol. The molecule has 0 amide bonds. The van der Waals surface area contributed by atoms with Gasteiger partial charge in [-0.05, 0) is 18.2 Å². The van der Waals surface area contributed by atoms with Gasteiger partial charge in [0.05, 0.1) is 0 Å². The molecule has 4 nitrogen and oxygen atoms in total. The predicted molar refractivity (Wildman–Crippen MR) is 77.7 cm³/mol. The average Bonchev–Trinajstić information content (AvgIpc) is 2.48. The van der Waals surface area contributed by atoms with Gasteiger partial charge in [-0.1, -0.05) is 30.3 Å². The highest BCUT2D eigenvalue weighted by molar-refractivity contribution is 5.31. The molecular weight excluding hydrogens is 273 g/mol. The molecule has 0 aliphatic carbocycles. The van der Waals surface area contributed by atoms with Crippen LogP contribution in [0.5, 0.6) is 11.5 Å². The smallest absolute Gasteiger partial charge is 0.165 e. The van der Waals surface area contributed by atoms with E-state index in [0.717, 1.165) is 5.56 Å². The van der Waals surface area contributed by atoms with Crippen molar-refractivity contribution in [2.24, 2.45) is 0 Å². The molecule has 0 fully saturated rings. The zero-order valence-corrected chi connectivity index (χ0v) is 11.5. The second-order valence-electron chi connectivity index (χ2n) is 4.65. The number of halogens is 1. The number of hydrogen-bond acceptors (Lipinski definition) is 4. The highest BCUT2D eigenvalue weighted by atomic mass is 19.1. The molecule has 21 heavy (non-hydrogen) atoms. The summed E-state index contributed by atoms with van der Waals surface area (Å²) in [7, 11) is 0. The maximum Gasteiger partial charge on any atom is 0.165 e. The first-order valence-corrected chi connectivity index (χ1v) is 6.70. The summed E-state index contributed by atoms with van der Waals surface area (Å²) in [5.41, 5.74) is 0.750. The first-order valence-electron chi connectivity index (χ1n) is 6.70. The van der Waals surface area contributed by atoms with Crippen LogP contribution in [0.2, 0.25) is 0 Å². The van der Waals surface area contributed by atoms with E-state index in [0.29, 0.717) is 6.54 Å². The number of benzene rings is 2. The van der Waals surface area contributed by atoms with Gasteiger partial charge in [0.2, 0.25) is 0 Å². The van der Waals surface area contributed by atoms with Crippen molar-refractivity contribution < 1.29 is 19.3 Å². The molecule has 5 heteroatoms. The lowest BCUT2D eigenvalue weighted by molar-refractivity contribution is 0.104. The van der Waals surface area contributed by atoms with Crippen molar-refractivity contribution in [3.8, 4) is 11.5 Å². The fourth-order valence-corrected chi connectivity index (χ4v) is 1.84. The Morgan fingerprint density at radius 1 is 1.10 bits per heavy atom. The van der Waals surface area contributed by atoms with Gasteiger partial charge in [0, 0.05) is 18.7 Å². The number of nitrogens with one attached hydrogen (secondary N) is 1. The van der Waals surface area contributed by atoms with Crippen LogP contribution in [0.1, 0.15) is 5.56 Å². The minimum absolute atomic E-state index is 0.00525. The zero-order valence-electron chi connectivity index (χ0n) is 11.5. The number of aliphatic hydroxyl groups excluding tert-OH is 1. The number of ether oxygens (including phenoxy) is 1. The standard InChI is InChI=1S/C16H18FNO3/c17-14-6-2-4-8-16(14)21-11-13(19)10-18-9-12-5-1-3-7-15(12)20/h1-8,13,18-20H,9-11H2. The summed E-state index contributed by atoms with van der Waals surface area (Å²) in [6.45, 7) is 0.709. The van der Waals surface area contributed by atoms with Crippen molar-refractivity contribution in [1.29, 1.82) is 0 Å². The van der Waals surface area contributed by atoms with E-state index in [1.807, 2.05) is 6.07 Å². The molecule has 0 saturated heterocycles. The van der Waals surface area contributed by atoms with Crippen LogP contribution in [0.3, 0.4) is 0 Å². The van der Waals surface area contributed by atoms with Crippen molar-refractivity contribution in [3.63, 3.8) is 0 Å². The molecule has 3 N–H and O–H groups in total. The molecule has 2 aromatic rings. The van der Waals surface area contributed by atoms with Gasteiger partial charge in [0.15, 0.2) is 11.6 Å². The number of rotatable bonds is 7. The van der Waals surface area contributed by atoms with Gasteiger partial charge < -0.3 is 20.3 Å². The Labute approximate surface area is 122 Å². The molecule has 0 bridgehead atoms. The second-order valence-corrected chi connectivity index (χ2v) is 4.65. The summed E-state index contributed by atoms with van der Waals surface area (Å²) in [4.78, 5) is 0. The van der Waals surface area contributed by atoms with Crippen molar-refractivity contribution in [2.45, 2.75) is 12.6 Å². The van der Waals surface area contributed by atoms with Crippen LogP contribution in [-0.2, 0) is 6.54 Å². The Morgan fingerprint density at radius 2 is 1.81 bits per heavy atom. The van der Waals surface area contributed by atoms with E-state index >= 15 is 0 Å². The van der Waals surface area contributed by atoms with E-state index in [-0.39, 0.29) is 24.7 Å². The van der Waals surface area contributed by atoms with E-state index < -0.39 is 11.9 Å². The van der Waals surface area contributed by atoms with Gasteiger partial charge in [0.25, 0.3) is 0 Å². The summed E-state index contributed by atoms with van der Waals surface area (Å²) >= 11 is 0. The van der Waals surface area contributed by atoms with Crippen LogP contribution < -0.4 is 10.1 Å². The molecule has 2 rings (SSSR count). The Hall–Kier alpha value is -2.11. The van der Waals surface area contributed by atoms with Gasteiger partial charge in [0.1, 0.15) is 18.5 Å². The zero-order chi connectivity index (χ0) is 15.1. The molecule has 112 valence electrons. The quantitative estimate of drug-likeness (QED) is 0.731. The molecule has 2 aromatic carbocycles. The van der Waals surface area contributed by atoms with E-state index in [2.05, 4.69) is 5.32 Å². The highest BCUT2D eigenvalue weighted by Crippen LogP contribution is 2.16. The molecule has 0 aliphatic rings. The Morgan fingerprint density at radius 3 is 2.57 bits per heavy atom. The van der Waals surface area contributed by atoms with Crippen LogP contribution in [0.25, 0.3) is 0 Å². The van der Waals surface area contributed by atoms with E-state index in [9.17, 15) is 14.6 Å². The monoisotopic (exact) mass is 291 g/mol. The number of phenolic OH excluding ortho intramolecular Hbond substituents is 1. The van der Waals surface area contributed by atoms with Crippen molar-refractivity contribution in [2.75, 3.05) is 13.2 Å². The first kappa shape index (κ1) is 15.3. The summed E-state index contributed by atoms with van der Waals surface area (Å²) in [6, 6.07) is 13.0. The number of para-hydroxylation sites is 2. The normalized spacial score (nSPS) is 12.1. The van der Waals surface area contributed by atoms with Crippen LogP contribution in [0, 0.1) is 5.82 Å². The molecule has 0 aromatic heterocycles. The third-order valence-corrected chi connectivity index (χ3v) is 2.95. The highest BCUT2D eigenvalue weighted by Gasteiger charge is 2.08. The number of hydrogen-bond donors (Lipinski definition) is 3. The lowest BCUT2D eigenvalue weighted by Crippen LogP contribution is -2.31. The van der Waals surface area contributed by atoms with Crippen molar-refractivity contribution in [3.05, 3.63) is 59.9 Å². The van der Waals surface area contributed by atoms with Crippen LogP contribution in [-0.4, -0.2) is 29.5 Å². The molecule has 0 radical (unpaired) electrons.